The van der Waals surface area contributed by atoms with Gasteiger partial charge in [-0.3, -0.25) is 9.59 Å². The first-order chi connectivity index (χ1) is 10.0. The SMILES string of the molecule is CCc1ccccc1C(=O)NCCCNC(=O)CN(C)C. The number of rotatable bonds is 8. The van der Waals surface area contributed by atoms with Crippen LogP contribution >= 0.6 is 0 Å². The number of amides is 2. The van der Waals surface area contributed by atoms with Crippen LogP contribution in [0.25, 0.3) is 0 Å². The Balaban J connectivity index is 2.26. The smallest absolute Gasteiger partial charge is 0.251 e. The van der Waals surface area contributed by atoms with Crippen LogP contribution in [0.2, 0.25) is 0 Å². The molecule has 5 nitrogen and oxygen atoms in total. The summed E-state index contributed by atoms with van der Waals surface area (Å²) in [6.45, 7) is 3.55. The van der Waals surface area contributed by atoms with Crippen LogP contribution < -0.4 is 10.6 Å². The summed E-state index contributed by atoms with van der Waals surface area (Å²) in [7, 11) is 3.70. The summed E-state index contributed by atoms with van der Waals surface area (Å²) in [6.07, 6.45) is 1.56. The molecule has 0 unspecified atom stereocenters. The highest BCUT2D eigenvalue weighted by Crippen LogP contribution is 2.08. The van der Waals surface area contributed by atoms with E-state index < -0.39 is 0 Å². The minimum Gasteiger partial charge on any atom is -0.355 e. The van der Waals surface area contributed by atoms with Crippen molar-refractivity contribution in [3.63, 3.8) is 0 Å². The summed E-state index contributed by atoms with van der Waals surface area (Å²) in [5.74, 6) is -0.0466. The second kappa shape index (κ2) is 9.13. The van der Waals surface area contributed by atoms with Crippen LogP contribution in [0.4, 0.5) is 0 Å². The van der Waals surface area contributed by atoms with E-state index in [1.165, 1.54) is 0 Å². The zero-order valence-corrected chi connectivity index (χ0v) is 13.1. The number of carbonyl (C=O) groups is 2. The molecule has 0 saturated heterocycles. The van der Waals surface area contributed by atoms with Crippen molar-refractivity contribution in [1.29, 1.82) is 0 Å². The van der Waals surface area contributed by atoms with Gasteiger partial charge in [-0.05, 0) is 38.6 Å². The number of nitrogens with one attached hydrogen (secondary N) is 2. The highest BCUT2D eigenvalue weighted by Gasteiger charge is 2.08. The lowest BCUT2D eigenvalue weighted by molar-refractivity contribution is -0.121. The van der Waals surface area contributed by atoms with Gasteiger partial charge < -0.3 is 15.5 Å². The van der Waals surface area contributed by atoms with E-state index in [-0.39, 0.29) is 11.8 Å². The predicted molar refractivity (Wildman–Crippen MR) is 84.3 cm³/mol. The number of benzene rings is 1. The third kappa shape index (κ3) is 6.40. The van der Waals surface area contributed by atoms with Crippen molar-refractivity contribution in [3.8, 4) is 0 Å². The molecule has 0 bridgehead atoms. The van der Waals surface area contributed by atoms with Gasteiger partial charge in [-0.15, -0.1) is 0 Å². The summed E-state index contributed by atoms with van der Waals surface area (Å²) < 4.78 is 0. The molecular weight excluding hydrogens is 266 g/mol. The quantitative estimate of drug-likeness (QED) is 0.704. The molecular formula is C16H25N3O2. The Morgan fingerprint density at radius 1 is 1.10 bits per heavy atom. The molecule has 0 aliphatic carbocycles. The maximum atomic E-state index is 12.1. The number of likely N-dealkylation sites (N-methyl/N-ethyl adjacent to an activating group) is 1. The lowest BCUT2D eigenvalue weighted by Crippen LogP contribution is -2.35. The zero-order valence-electron chi connectivity index (χ0n) is 13.1. The summed E-state index contributed by atoms with van der Waals surface area (Å²) in [5, 5.41) is 5.71. The Bertz CT molecular complexity index is 472. The van der Waals surface area contributed by atoms with Crippen molar-refractivity contribution in [2.45, 2.75) is 19.8 Å². The predicted octanol–water partition coefficient (Wildman–Crippen LogP) is 1.05. The van der Waals surface area contributed by atoms with Crippen molar-refractivity contribution in [2.24, 2.45) is 0 Å². The molecule has 0 aromatic heterocycles. The van der Waals surface area contributed by atoms with Gasteiger partial charge in [-0.25, -0.2) is 0 Å². The van der Waals surface area contributed by atoms with Crippen molar-refractivity contribution in [3.05, 3.63) is 35.4 Å². The fraction of sp³-hybridized carbons (Fsp3) is 0.500. The molecule has 1 aromatic carbocycles. The molecule has 1 aromatic rings. The molecule has 0 aliphatic heterocycles. The Labute approximate surface area is 126 Å². The van der Waals surface area contributed by atoms with E-state index in [4.69, 9.17) is 0 Å². The van der Waals surface area contributed by atoms with E-state index in [2.05, 4.69) is 10.6 Å². The molecule has 0 radical (unpaired) electrons. The van der Waals surface area contributed by atoms with E-state index >= 15 is 0 Å². The van der Waals surface area contributed by atoms with Gasteiger partial charge in [0.15, 0.2) is 0 Å². The molecule has 1 rings (SSSR count). The third-order valence-electron chi connectivity index (χ3n) is 3.06. The third-order valence-corrected chi connectivity index (χ3v) is 3.06. The molecule has 0 heterocycles. The van der Waals surface area contributed by atoms with E-state index in [9.17, 15) is 9.59 Å². The molecule has 21 heavy (non-hydrogen) atoms. The molecule has 5 heteroatoms. The maximum Gasteiger partial charge on any atom is 0.251 e. The fourth-order valence-corrected chi connectivity index (χ4v) is 2.01. The second-order valence-corrected chi connectivity index (χ2v) is 5.21. The Kier molecular flexibility index (Phi) is 7.46. The Morgan fingerprint density at radius 2 is 1.76 bits per heavy atom. The second-order valence-electron chi connectivity index (χ2n) is 5.21. The molecule has 0 fully saturated rings. The average molecular weight is 291 g/mol. The Hall–Kier alpha value is -1.88. The van der Waals surface area contributed by atoms with Gasteiger partial charge in [0.1, 0.15) is 0 Å². The number of nitrogens with zero attached hydrogens (tertiary/aromatic N) is 1. The van der Waals surface area contributed by atoms with Crippen LogP contribution in [0.3, 0.4) is 0 Å². The Morgan fingerprint density at radius 3 is 2.43 bits per heavy atom. The summed E-state index contributed by atoms with van der Waals surface area (Å²) in [6, 6.07) is 7.62. The first-order valence-electron chi connectivity index (χ1n) is 7.32. The largest absolute Gasteiger partial charge is 0.355 e. The number of carbonyl (C=O) groups excluding carboxylic acids is 2. The van der Waals surface area contributed by atoms with E-state index in [0.29, 0.717) is 19.6 Å². The maximum absolute atomic E-state index is 12.1. The van der Waals surface area contributed by atoms with Crippen LogP contribution in [0.1, 0.15) is 29.3 Å². The number of hydrogen-bond donors (Lipinski definition) is 2. The standard InChI is InChI=1S/C16H25N3O2/c1-4-13-8-5-6-9-14(13)16(21)18-11-7-10-17-15(20)12-19(2)3/h5-6,8-9H,4,7,10-12H2,1-3H3,(H,17,20)(H,18,21). The molecule has 2 N–H and O–H groups in total. The minimum absolute atomic E-state index is 0.00246. The van der Waals surface area contributed by atoms with Gasteiger partial charge in [0.25, 0.3) is 5.91 Å². The average Bonchev–Trinajstić information content (AvgIpc) is 2.45. The van der Waals surface area contributed by atoms with E-state index in [1.54, 1.807) is 0 Å². The lowest BCUT2D eigenvalue weighted by Gasteiger charge is -2.11. The molecule has 0 saturated carbocycles. The first-order valence-corrected chi connectivity index (χ1v) is 7.32. The zero-order chi connectivity index (χ0) is 15.7. The van der Waals surface area contributed by atoms with Crippen LogP contribution in [0.15, 0.2) is 24.3 Å². The van der Waals surface area contributed by atoms with Crippen LogP contribution in [-0.4, -0.2) is 50.4 Å². The summed E-state index contributed by atoms with van der Waals surface area (Å²) >= 11 is 0. The minimum atomic E-state index is -0.0490. The first kappa shape index (κ1) is 17.2. The normalized spacial score (nSPS) is 10.5. The van der Waals surface area contributed by atoms with Gasteiger partial charge in [0, 0.05) is 18.7 Å². The van der Waals surface area contributed by atoms with Crippen LogP contribution in [0, 0.1) is 0 Å². The van der Waals surface area contributed by atoms with E-state index in [1.807, 2.05) is 50.2 Å². The number of aryl methyl sites for hydroxylation is 1. The molecule has 0 spiro atoms. The monoisotopic (exact) mass is 291 g/mol. The highest BCUT2D eigenvalue weighted by molar-refractivity contribution is 5.95. The van der Waals surface area contributed by atoms with Crippen molar-refractivity contribution >= 4 is 11.8 Å². The van der Waals surface area contributed by atoms with Crippen molar-refractivity contribution in [1.82, 2.24) is 15.5 Å². The fourth-order valence-electron chi connectivity index (χ4n) is 2.01. The van der Waals surface area contributed by atoms with Gasteiger partial charge in [-0.1, -0.05) is 25.1 Å². The van der Waals surface area contributed by atoms with Crippen LogP contribution in [0.5, 0.6) is 0 Å². The van der Waals surface area contributed by atoms with Crippen molar-refractivity contribution in [2.75, 3.05) is 33.7 Å². The van der Waals surface area contributed by atoms with Crippen molar-refractivity contribution < 1.29 is 9.59 Å². The highest BCUT2D eigenvalue weighted by atomic mass is 16.2. The van der Waals surface area contributed by atoms with Gasteiger partial charge in [0.05, 0.1) is 6.54 Å². The molecule has 2 amide bonds. The number of hydrogen-bond acceptors (Lipinski definition) is 3. The van der Waals surface area contributed by atoms with Crippen LogP contribution in [-0.2, 0) is 11.2 Å². The lowest BCUT2D eigenvalue weighted by atomic mass is 10.0. The molecule has 0 atom stereocenters. The topological polar surface area (TPSA) is 61.4 Å². The van der Waals surface area contributed by atoms with Gasteiger partial charge in [-0.2, -0.15) is 0 Å². The summed E-state index contributed by atoms with van der Waals surface area (Å²) in [5.41, 5.74) is 1.78. The molecule has 0 aliphatic rings. The van der Waals surface area contributed by atoms with Gasteiger partial charge >= 0.3 is 0 Å². The van der Waals surface area contributed by atoms with E-state index in [0.717, 1.165) is 24.0 Å². The van der Waals surface area contributed by atoms with Gasteiger partial charge in [0.2, 0.25) is 5.91 Å². The molecule has 116 valence electrons. The summed E-state index contributed by atoms with van der Waals surface area (Å²) in [4.78, 5) is 25.3.